The molecule has 0 saturated carbocycles. The number of benzene rings is 3. The van der Waals surface area contributed by atoms with Gasteiger partial charge in [0, 0.05) is 70.8 Å². The number of anilines is 2. The van der Waals surface area contributed by atoms with Crippen LogP contribution in [0.15, 0.2) is 90.7 Å². The van der Waals surface area contributed by atoms with E-state index in [2.05, 4.69) is 31.2 Å². The summed E-state index contributed by atoms with van der Waals surface area (Å²) >= 11 is 7.80. The molecule has 13 nitrogen and oxygen atoms in total. The Hall–Kier alpha value is -5.96. The van der Waals surface area contributed by atoms with Crippen molar-refractivity contribution in [3.63, 3.8) is 0 Å². The van der Waals surface area contributed by atoms with E-state index in [9.17, 15) is 24.3 Å². The Morgan fingerprint density at radius 2 is 1.72 bits per heavy atom. The molecule has 0 radical (unpaired) electrons. The predicted molar refractivity (Wildman–Crippen MR) is 254 cm³/mol. The Morgan fingerprint density at radius 1 is 0.938 bits per heavy atom. The van der Waals surface area contributed by atoms with Gasteiger partial charge in [-0.15, -0.1) is 11.3 Å². The van der Waals surface area contributed by atoms with Gasteiger partial charge in [-0.3, -0.25) is 24.2 Å². The van der Waals surface area contributed by atoms with Crippen LogP contribution in [0, 0.1) is 12.3 Å². The number of hydrogen-bond donors (Lipinski definition) is 5. The molecule has 4 atom stereocenters. The molecular weight excluding hydrogens is 848 g/mol. The molecule has 5 N–H and O–H groups in total. The lowest BCUT2D eigenvalue weighted by atomic mass is 9.85. The van der Waals surface area contributed by atoms with Gasteiger partial charge in [0.1, 0.15) is 17.9 Å². The number of aryl methyl sites for hydroxylation is 1. The van der Waals surface area contributed by atoms with Crippen LogP contribution >= 0.6 is 22.9 Å². The van der Waals surface area contributed by atoms with Crippen LogP contribution in [0.1, 0.15) is 93.9 Å². The second-order valence-electron chi connectivity index (χ2n) is 17.6. The van der Waals surface area contributed by atoms with Gasteiger partial charge in [-0.2, -0.15) is 0 Å². The van der Waals surface area contributed by atoms with Gasteiger partial charge in [-0.1, -0.05) is 81.6 Å². The summed E-state index contributed by atoms with van der Waals surface area (Å²) in [7, 11) is 0. The van der Waals surface area contributed by atoms with E-state index in [-0.39, 0.29) is 43.1 Å². The van der Waals surface area contributed by atoms with E-state index in [1.807, 2.05) is 94.7 Å². The molecule has 3 aromatic heterocycles. The number of carbonyl (C=O) groups is 4. The molecule has 1 aliphatic heterocycles. The third kappa shape index (κ3) is 11.0. The van der Waals surface area contributed by atoms with Crippen LogP contribution in [0.3, 0.4) is 0 Å². The number of thiazole rings is 1. The van der Waals surface area contributed by atoms with Gasteiger partial charge in [0.2, 0.25) is 17.7 Å². The summed E-state index contributed by atoms with van der Waals surface area (Å²) in [6.07, 6.45) is 5.86. The number of carbonyl (C=O) groups excluding carboxylic acids is 4. The molecule has 1 fully saturated rings. The van der Waals surface area contributed by atoms with E-state index in [1.54, 1.807) is 41.9 Å². The van der Waals surface area contributed by atoms with Gasteiger partial charge in [-0.25, -0.2) is 9.97 Å². The lowest BCUT2D eigenvalue weighted by Gasteiger charge is -2.35. The molecule has 0 aliphatic carbocycles. The van der Waals surface area contributed by atoms with Crippen LogP contribution < -0.4 is 21.3 Å². The molecule has 1 saturated heterocycles. The van der Waals surface area contributed by atoms with E-state index in [0.29, 0.717) is 34.9 Å². The number of rotatable bonds is 16. The first-order valence-corrected chi connectivity index (χ1v) is 23.0. The molecule has 3 aromatic carbocycles. The highest BCUT2D eigenvalue weighted by molar-refractivity contribution is 7.13. The van der Waals surface area contributed by atoms with Crippen molar-refractivity contribution in [2.45, 2.75) is 97.4 Å². The van der Waals surface area contributed by atoms with E-state index >= 15 is 0 Å². The van der Waals surface area contributed by atoms with Crippen molar-refractivity contribution in [1.82, 2.24) is 35.8 Å². The predicted octanol–water partition coefficient (Wildman–Crippen LogP) is 8.66. The molecule has 4 heterocycles. The van der Waals surface area contributed by atoms with E-state index in [0.717, 1.165) is 62.8 Å². The fraction of sp³-hybridized carbons (Fsp3) is 0.367. The van der Waals surface area contributed by atoms with Gasteiger partial charge in [-0.05, 0) is 79.6 Å². The maximum atomic E-state index is 14.1. The number of β-amino-alcohol motifs (C(OH)–C–C–N with tert-alkyl or cyclic N) is 1. The van der Waals surface area contributed by atoms with Crippen LogP contribution in [0.2, 0.25) is 5.02 Å². The summed E-state index contributed by atoms with van der Waals surface area (Å²) < 4.78 is 0. The van der Waals surface area contributed by atoms with Crippen molar-refractivity contribution in [1.29, 1.82) is 0 Å². The minimum atomic E-state index is -0.900. The maximum Gasteiger partial charge on any atom is 0.251 e. The second-order valence-corrected chi connectivity index (χ2v) is 18.8. The number of aromatic nitrogens is 3. The Kier molecular flexibility index (Phi) is 14.6. The largest absolute Gasteiger partial charge is 0.391 e. The fourth-order valence-corrected chi connectivity index (χ4v) is 9.11. The molecule has 7 rings (SSSR count). The van der Waals surface area contributed by atoms with Crippen LogP contribution in [0.25, 0.3) is 32.1 Å². The van der Waals surface area contributed by atoms with E-state index in [4.69, 9.17) is 16.6 Å². The summed E-state index contributed by atoms with van der Waals surface area (Å²) in [5.41, 5.74) is 6.02. The number of nitrogens with zero attached hydrogens (tertiary/aromatic N) is 4. The molecule has 0 spiro atoms. The number of nitrogens with one attached hydrogen (secondary N) is 4. The topological polar surface area (TPSA) is 179 Å². The van der Waals surface area contributed by atoms with Crippen LogP contribution in [0.5, 0.6) is 0 Å². The molecule has 0 unspecified atom stereocenters. The van der Waals surface area contributed by atoms with Crippen molar-refractivity contribution in [2.75, 3.05) is 18.4 Å². The first kappa shape index (κ1) is 46.0. The van der Waals surface area contributed by atoms with Crippen molar-refractivity contribution in [2.24, 2.45) is 5.41 Å². The normalized spacial score (nSPS) is 16.1. The lowest BCUT2D eigenvalue weighted by molar-refractivity contribution is -0.144. The number of hydrogen-bond acceptors (Lipinski definition) is 10. The zero-order chi connectivity index (χ0) is 45.5. The van der Waals surface area contributed by atoms with Crippen LogP contribution in [0.4, 0.5) is 11.5 Å². The highest BCUT2D eigenvalue weighted by Crippen LogP contribution is 2.33. The molecule has 0 bridgehead atoms. The average Bonchev–Trinajstić information content (AvgIpc) is 3.89. The van der Waals surface area contributed by atoms with E-state index in [1.165, 1.54) is 4.90 Å². The van der Waals surface area contributed by atoms with Crippen LogP contribution in [-0.2, 0) is 14.4 Å². The number of amides is 4. The standard InChI is InChI=1S/C49H55ClN8O5S/c1-29(31-14-16-32(17-15-31)43-30(2)53-28-64-43)54-47(62)41-25-36(59)27-58(41)48(63)44(49(3,4)5)57-42(60)13-8-6-7-9-21-52-46(61)33-18-19-37-39-26-51-22-20-38(39)45(56-40(37)23-33)55-35-12-10-11-34(50)24-35/h10-12,14-20,22-24,26,28-29,36,41,44,59H,6-9,13,21,25,27H2,1-5H3,(H,52,61)(H,54,62)(H,55,56)(H,57,60)/t29-,36+,41-,44+/m0/s1. The number of aliphatic hydroxyl groups excluding tert-OH is 1. The van der Waals surface area contributed by atoms with Gasteiger partial charge < -0.3 is 31.3 Å². The summed E-state index contributed by atoms with van der Waals surface area (Å²) in [5, 5.41) is 26.3. The monoisotopic (exact) mass is 902 g/mol. The highest BCUT2D eigenvalue weighted by Gasteiger charge is 2.44. The van der Waals surface area contributed by atoms with Crippen LogP contribution in [-0.4, -0.2) is 79.9 Å². The first-order valence-electron chi connectivity index (χ1n) is 21.7. The molecule has 6 aromatic rings. The second kappa shape index (κ2) is 20.3. The lowest BCUT2D eigenvalue weighted by Crippen LogP contribution is -2.57. The van der Waals surface area contributed by atoms with Crippen molar-refractivity contribution < 1.29 is 24.3 Å². The summed E-state index contributed by atoms with van der Waals surface area (Å²) in [6.45, 7) is 9.94. The van der Waals surface area contributed by atoms with Crippen molar-refractivity contribution in [3.8, 4) is 10.4 Å². The average molecular weight is 904 g/mol. The maximum absolute atomic E-state index is 14.1. The Labute approximate surface area is 382 Å². The minimum Gasteiger partial charge on any atom is -0.391 e. The fourth-order valence-electron chi connectivity index (χ4n) is 8.10. The molecule has 15 heteroatoms. The van der Waals surface area contributed by atoms with E-state index < -0.39 is 29.5 Å². The SMILES string of the molecule is Cc1ncsc1-c1ccc([C@H](C)NC(=O)[C@@H]2C[C@@H](O)CN2C(=O)[C@@H](NC(=O)CCCCCCNC(=O)c2ccc3c(c2)nc(Nc2cccc(Cl)c2)c2ccncc23)C(C)(C)C)cc1. The first-order chi connectivity index (χ1) is 30.7. The van der Waals surface area contributed by atoms with Gasteiger partial charge in [0.25, 0.3) is 5.91 Å². The summed E-state index contributed by atoms with van der Waals surface area (Å²) in [5.74, 6) is -0.581. The number of aliphatic hydroxyl groups is 1. The summed E-state index contributed by atoms with van der Waals surface area (Å²) in [4.78, 5) is 70.3. The van der Waals surface area contributed by atoms with Crippen molar-refractivity contribution in [3.05, 3.63) is 113 Å². The molecular formula is C49H55ClN8O5S. The smallest absolute Gasteiger partial charge is 0.251 e. The number of unbranched alkanes of at least 4 members (excludes halogenated alkanes) is 3. The minimum absolute atomic E-state index is 0.00305. The third-order valence-electron chi connectivity index (χ3n) is 11.6. The zero-order valence-corrected chi connectivity index (χ0v) is 38.4. The molecule has 334 valence electrons. The van der Waals surface area contributed by atoms with Gasteiger partial charge >= 0.3 is 0 Å². The molecule has 64 heavy (non-hydrogen) atoms. The van der Waals surface area contributed by atoms with Gasteiger partial charge in [0.15, 0.2) is 0 Å². The van der Waals surface area contributed by atoms with Crippen molar-refractivity contribution >= 4 is 79.7 Å². The number of halogens is 1. The summed E-state index contributed by atoms with van der Waals surface area (Å²) in [6, 6.07) is 20.6. The third-order valence-corrected chi connectivity index (χ3v) is 12.8. The molecule has 1 aliphatic rings. The number of fused-ring (bicyclic) bond motifs is 3. The Bertz CT molecular complexity index is 2650. The number of likely N-dealkylation sites (tertiary alicyclic amines) is 1. The Morgan fingerprint density at radius 3 is 2.45 bits per heavy atom. The number of pyridine rings is 2. The van der Waals surface area contributed by atoms with Gasteiger partial charge in [0.05, 0.1) is 33.7 Å². The quantitative estimate of drug-likeness (QED) is 0.0470. The highest BCUT2D eigenvalue weighted by atomic mass is 35.5. The zero-order valence-electron chi connectivity index (χ0n) is 36.8. The Balaban J connectivity index is 0.871. The molecule has 4 amide bonds.